The van der Waals surface area contributed by atoms with Gasteiger partial charge in [-0.1, -0.05) is 6.92 Å². The fraction of sp³-hybridized carbons (Fsp3) is 1.00. The third kappa shape index (κ3) is 8.08. The summed E-state index contributed by atoms with van der Waals surface area (Å²) in [6.45, 7) is 15.2. The van der Waals surface area contributed by atoms with Crippen LogP contribution in [-0.2, 0) is 4.74 Å². The van der Waals surface area contributed by atoms with E-state index in [2.05, 4.69) is 44.8 Å². The van der Waals surface area contributed by atoms with Crippen LogP contribution in [0, 0.1) is 0 Å². The summed E-state index contributed by atoms with van der Waals surface area (Å²) >= 11 is 0. The second-order valence-corrected chi connectivity index (χ2v) is 5.46. The first-order valence-electron chi connectivity index (χ1n) is 6.38. The molecule has 1 atom stereocenters. The van der Waals surface area contributed by atoms with E-state index >= 15 is 0 Å². The van der Waals surface area contributed by atoms with Gasteiger partial charge >= 0.3 is 0 Å². The van der Waals surface area contributed by atoms with Gasteiger partial charge in [-0.05, 0) is 53.8 Å². The van der Waals surface area contributed by atoms with Gasteiger partial charge in [0.2, 0.25) is 0 Å². The standard InChI is InChI=1S/C13H30N2O/c1-7-15(12(2)11-16-6)10-8-9-14-13(3,4)5/h12,14H,7-11H2,1-6H3. The summed E-state index contributed by atoms with van der Waals surface area (Å²) in [5.74, 6) is 0. The van der Waals surface area contributed by atoms with Crippen LogP contribution >= 0.6 is 0 Å². The largest absolute Gasteiger partial charge is 0.383 e. The Labute approximate surface area is 102 Å². The molecule has 0 heterocycles. The van der Waals surface area contributed by atoms with E-state index in [0.717, 1.165) is 26.2 Å². The molecule has 0 amide bonds. The summed E-state index contributed by atoms with van der Waals surface area (Å²) in [4.78, 5) is 2.47. The molecule has 16 heavy (non-hydrogen) atoms. The summed E-state index contributed by atoms with van der Waals surface area (Å²) in [5, 5.41) is 3.51. The number of ether oxygens (including phenoxy) is 1. The first-order chi connectivity index (χ1) is 7.40. The van der Waals surface area contributed by atoms with Crippen molar-refractivity contribution >= 4 is 0 Å². The van der Waals surface area contributed by atoms with Crippen molar-refractivity contribution in [2.45, 2.75) is 52.6 Å². The Balaban J connectivity index is 3.71. The van der Waals surface area contributed by atoms with Crippen molar-refractivity contribution in [1.82, 2.24) is 10.2 Å². The molecule has 0 spiro atoms. The van der Waals surface area contributed by atoms with E-state index in [1.165, 1.54) is 6.42 Å². The second kappa shape index (κ2) is 8.04. The van der Waals surface area contributed by atoms with Gasteiger partial charge in [-0.3, -0.25) is 4.90 Å². The predicted octanol–water partition coefficient (Wildman–Crippen LogP) is 2.12. The number of likely N-dealkylation sites (N-methyl/N-ethyl adjacent to an activating group) is 1. The number of rotatable bonds is 8. The summed E-state index contributed by atoms with van der Waals surface area (Å²) in [6.07, 6.45) is 1.19. The van der Waals surface area contributed by atoms with Crippen LogP contribution in [0.3, 0.4) is 0 Å². The molecular weight excluding hydrogens is 200 g/mol. The molecule has 0 aromatic carbocycles. The molecule has 0 saturated heterocycles. The average molecular weight is 230 g/mol. The van der Waals surface area contributed by atoms with Crippen molar-refractivity contribution < 1.29 is 4.74 Å². The molecule has 0 saturated carbocycles. The van der Waals surface area contributed by atoms with Crippen LogP contribution < -0.4 is 5.32 Å². The van der Waals surface area contributed by atoms with E-state index < -0.39 is 0 Å². The number of hydrogen-bond acceptors (Lipinski definition) is 3. The topological polar surface area (TPSA) is 24.5 Å². The maximum absolute atomic E-state index is 5.19. The minimum Gasteiger partial charge on any atom is -0.383 e. The molecule has 98 valence electrons. The van der Waals surface area contributed by atoms with Gasteiger partial charge in [0.25, 0.3) is 0 Å². The normalized spacial score (nSPS) is 14.4. The maximum Gasteiger partial charge on any atom is 0.0615 e. The van der Waals surface area contributed by atoms with Gasteiger partial charge in [0.05, 0.1) is 6.61 Å². The average Bonchev–Trinajstić information content (AvgIpc) is 2.16. The Kier molecular flexibility index (Phi) is 7.98. The number of methoxy groups -OCH3 is 1. The third-order valence-electron chi connectivity index (χ3n) is 2.71. The summed E-state index contributed by atoms with van der Waals surface area (Å²) in [5.41, 5.74) is 0.231. The Bertz CT molecular complexity index is 166. The van der Waals surface area contributed by atoms with Gasteiger partial charge in [-0.25, -0.2) is 0 Å². The molecule has 0 aliphatic carbocycles. The molecule has 0 rings (SSSR count). The molecule has 1 N–H and O–H groups in total. The second-order valence-electron chi connectivity index (χ2n) is 5.46. The van der Waals surface area contributed by atoms with E-state index in [0.29, 0.717) is 6.04 Å². The Morgan fingerprint density at radius 3 is 2.38 bits per heavy atom. The van der Waals surface area contributed by atoms with Crippen molar-refractivity contribution in [3.63, 3.8) is 0 Å². The minimum absolute atomic E-state index is 0.231. The van der Waals surface area contributed by atoms with Crippen molar-refractivity contribution in [1.29, 1.82) is 0 Å². The molecule has 3 heteroatoms. The Morgan fingerprint density at radius 1 is 1.31 bits per heavy atom. The third-order valence-corrected chi connectivity index (χ3v) is 2.71. The first kappa shape index (κ1) is 15.9. The highest BCUT2D eigenvalue weighted by atomic mass is 16.5. The molecular formula is C13H30N2O. The molecule has 0 aromatic rings. The highest BCUT2D eigenvalue weighted by Crippen LogP contribution is 2.02. The molecule has 3 nitrogen and oxygen atoms in total. The van der Waals surface area contributed by atoms with Gasteiger partial charge in [-0.15, -0.1) is 0 Å². The molecule has 0 aliphatic heterocycles. The molecule has 0 radical (unpaired) electrons. The van der Waals surface area contributed by atoms with E-state index in [4.69, 9.17) is 4.74 Å². The zero-order chi connectivity index (χ0) is 12.6. The zero-order valence-electron chi connectivity index (χ0n) is 12.0. The van der Waals surface area contributed by atoms with Crippen molar-refractivity contribution in [2.75, 3.05) is 33.4 Å². The molecule has 0 bridgehead atoms. The van der Waals surface area contributed by atoms with Gasteiger partial charge in [-0.2, -0.15) is 0 Å². The van der Waals surface area contributed by atoms with Crippen LogP contribution in [-0.4, -0.2) is 49.8 Å². The fourth-order valence-electron chi connectivity index (χ4n) is 1.78. The maximum atomic E-state index is 5.19. The lowest BCUT2D eigenvalue weighted by Crippen LogP contribution is -2.40. The van der Waals surface area contributed by atoms with Gasteiger partial charge < -0.3 is 10.1 Å². The number of nitrogens with one attached hydrogen (secondary N) is 1. The van der Waals surface area contributed by atoms with Gasteiger partial charge in [0.1, 0.15) is 0 Å². The van der Waals surface area contributed by atoms with Crippen LogP contribution in [0.2, 0.25) is 0 Å². The summed E-state index contributed by atoms with van der Waals surface area (Å²) in [6, 6.07) is 0.518. The molecule has 0 aliphatic rings. The molecule has 1 unspecified atom stereocenters. The van der Waals surface area contributed by atoms with Crippen molar-refractivity contribution in [3.05, 3.63) is 0 Å². The predicted molar refractivity (Wildman–Crippen MR) is 71.0 cm³/mol. The van der Waals surface area contributed by atoms with Crippen LogP contribution in [0.1, 0.15) is 41.0 Å². The van der Waals surface area contributed by atoms with E-state index in [9.17, 15) is 0 Å². The van der Waals surface area contributed by atoms with Gasteiger partial charge in [0, 0.05) is 18.7 Å². The number of hydrogen-bond donors (Lipinski definition) is 1. The Morgan fingerprint density at radius 2 is 1.94 bits per heavy atom. The van der Waals surface area contributed by atoms with Crippen LogP contribution in [0.15, 0.2) is 0 Å². The van der Waals surface area contributed by atoms with Crippen molar-refractivity contribution in [2.24, 2.45) is 0 Å². The SMILES string of the molecule is CCN(CCCNC(C)(C)C)C(C)COC. The monoisotopic (exact) mass is 230 g/mol. The fourth-order valence-corrected chi connectivity index (χ4v) is 1.78. The summed E-state index contributed by atoms with van der Waals surface area (Å²) in [7, 11) is 1.77. The smallest absolute Gasteiger partial charge is 0.0615 e. The van der Waals surface area contributed by atoms with Gasteiger partial charge in [0.15, 0.2) is 0 Å². The van der Waals surface area contributed by atoms with Crippen LogP contribution in [0.4, 0.5) is 0 Å². The first-order valence-corrected chi connectivity index (χ1v) is 6.38. The lowest BCUT2D eigenvalue weighted by molar-refractivity contribution is 0.101. The lowest BCUT2D eigenvalue weighted by atomic mass is 10.1. The van der Waals surface area contributed by atoms with Crippen LogP contribution in [0.5, 0.6) is 0 Å². The van der Waals surface area contributed by atoms with Crippen molar-refractivity contribution in [3.8, 4) is 0 Å². The quantitative estimate of drug-likeness (QED) is 0.646. The minimum atomic E-state index is 0.231. The van der Waals surface area contributed by atoms with E-state index in [1.54, 1.807) is 7.11 Å². The molecule has 0 fully saturated rings. The number of nitrogens with zero attached hydrogens (tertiary/aromatic N) is 1. The van der Waals surface area contributed by atoms with Crippen LogP contribution in [0.25, 0.3) is 0 Å². The lowest BCUT2D eigenvalue weighted by Gasteiger charge is -2.28. The highest BCUT2D eigenvalue weighted by Gasteiger charge is 2.12. The van der Waals surface area contributed by atoms with E-state index in [1.807, 2.05) is 0 Å². The van der Waals surface area contributed by atoms with E-state index in [-0.39, 0.29) is 5.54 Å². The Hall–Kier alpha value is -0.120. The highest BCUT2D eigenvalue weighted by molar-refractivity contribution is 4.71. The zero-order valence-corrected chi connectivity index (χ0v) is 12.0. The summed E-state index contributed by atoms with van der Waals surface area (Å²) < 4.78 is 5.19. The molecule has 0 aromatic heterocycles.